The zero-order chi connectivity index (χ0) is 15.8. The maximum Gasteiger partial charge on any atom is 0.120 e. The molecule has 2 fully saturated rings. The molecule has 24 heavy (non-hydrogen) atoms. The Bertz CT molecular complexity index is 691. The first-order valence-electron chi connectivity index (χ1n) is 8.79. The smallest absolute Gasteiger partial charge is 0.120 e. The van der Waals surface area contributed by atoms with Gasteiger partial charge in [-0.3, -0.25) is 0 Å². The molecule has 2 aromatic carbocycles. The fourth-order valence-corrected chi connectivity index (χ4v) is 3.91. The topological polar surface area (TPSA) is 30.5 Å². The van der Waals surface area contributed by atoms with E-state index in [2.05, 4.69) is 35.6 Å². The summed E-state index contributed by atoms with van der Waals surface area (Å²) in [5.74, 6) is 1.91. The Balaban J connectivity index is 0.00000169. The summed E-state index contributed by atoms with van der Waals surface area (Å²) >= 11 is 0. The van der Waals surface area contributed by atoms with Crippen LogP contribution in [0.25, 0.3) is 10.8 Å². The Morgan fingerprint density at radius 3 is 2.12 bits per heavy atom. The van der Waals surface area contributed by atoms with Gasteiger partial charge in [0.25, 0.3) is 0 Å². The highest BCUT2D eigenvalue weighted by Gasteiger charge is 2.34. The molecule has 2 heterocycles. The van der Waals surface area contributed by atoms with Gasteiger partial charge in [0.15, 0.2) is 0 Å². The Hall–Kier alpha value is -1.45. The molecule has 0 saturated carbocycles. The molecule has 0 aliphatic carbocycles. The molecular formula is C20H26ClNO2. The summed E-state index contributed by atoms with van der Waals surface area (Å²) in [5, 5.41) is 6.06. The SMILES string of the molecule is CC(C)Oc1ccc2cc(OC3C[C@H]4CC[C@@H](C3)N4)ccc2c1.Cl. The van der Waals surface area contributed by atoms with Crippen LogP contribution in [0.2, 0.25) is 0 Å². The first-order chi connectivity index (χ1) is 11.2. The number of piperidine rings is 1. The van der Waals surface area contributed by atoms with E-state index in [1.807, 2.05) is 19.9 Å². The quantitative estimate of drug-likeness (QED) is 0.868. The highest BCUT2D eigenvalue weighted by atomic mass is 35.5. The fraction of sp³-hybridized carbons (Fsp3) is 0.500. The van der Waals surface area contributed by atoms with Gasteiger partial charge in [-0.05, 0) is 74.6 Å². The number of halogens is 1. The summed E-state index contributed by atoms with van der Waals surface area (Å²) in [6.45, 7) is 4.10. The summed E-state index contributed by atoms with van der Waals surface area (Å²) in [6, 6.07) is 14.0. The van der Waals surface area contributed by atoms with Crippen LogP contribution in [0, 0.1) is 0 Å². The summed E-state index contributed by atoms with van der Waals surface area (Å²) in [5.41, 5.74) is 0. The van der Waals surface area contributed by atoms with Crippen molar-refractivity contribution in [1.82, 2.24) is 5.32 Å². The lowest BCUT2D eigenvalue weighted by atomic mass is 10.0. The van der Waals surface area contributed by atoms with Gasteiger partial charge in [-0.15, -0.1) is 12.4 Å². The Kier molecular flexibility index (Phi) is 5.21. The first kappa shape index (κ1) is 17.4. The molecule has 3 atom stereocenters. The maximum absolute atomic E-state index is 6.27. The predicted molar refractivity (Wildman–Crippen MR) is 101 cm³/mol. The van der Waals surface area contributed by atoms with E-state index in [0.29, 0.717) is 18.2 Å². The third kappa shape index (κ3) is 3.79. The number of fused-ring (bicyclic) bond motifs is 3. The lowest BCUT2D eigenvalue weighted by Gasteiger charge is -2.29. The molecule has 1 unspecified atom stereocenters. The molecule has 0 radical (unpaired) electrons. The number of rotatable bonds is 4. The van der Waals surface area contributed by atoms with Crippen molar-refractivity contribution in [3.05, 3.63) is 36.4 Å². The summed E-state index contributed by atoms with van der Waals surface area (Å²) in [6.07, 6.45) is 5.44. The van der Waals surface area contributed by atoms with Gasteiger partial charge in [0.05, 0.1) is 6.10 Å². The molecule has 4 heteroatoms. The zero-order valence-electron chi connectivity index (χ0n) is 14.3. The van der Waals surface area contributed by atoms with Gasteiger partial charge in [0, 0.05) is 12.1 Å². The zero-order valence-corrected chi connectivity index (χ0v) is 15.1. The number of hydrogen-bond donors (Lipinski definition) is 1. The average Bonchev–Trinajstić information content (AvgIpc) is 2.86. The minimum Gasteiger partial charge on any atom is -0.491 e. The number of hydrogen-bond acceptors (Lipinski definition) is 3. The normalized spacial score (nSPS) is 25.5. The van der Waals surface area contributed by atoms with Gasteiger partial charge in [0.1, 0.15) is 17.6 Å². The highest BCUT2D eigenvalue weighted by molar-refractivity contribution is 5.85. The van der Waals surface area contributed by atoms with E-state index in [0.717, 1.165) is 24.3 Å². The van der Waals surface area contributed by atoms with Crippen LogP contribution in [-0.2, 0) is 0 Å². The van der Waals surface area contributed by atoms with Gasteiger partial charge >= 0.3 is 0 Å². The fourth-order valence-electron chi connectivity index (χ4n) is 3.91. The van der Waals surface area contributed by atoms with Crippen LogP contribution in [0.1, 0.15) is 39.5 Å². The maximum atomic E-state index is 6.27. The molecule has 1 N–H and O–H groups in total. The number of nitrogens with one attached hydrogen (secondary N) is 1. The molecule has 0 aromatic heterocycles. The second kappa shape index (κ2) is 7.20. The first-order valence-corrected chi connectivity index (χ1v) is 8.79. The standard InChI is InChI=1S/C20H25NO2.ClH/c1-13(2)22-18-7-3-15-10-19(8-4-14(15)9-18)23-20-11-16-5-6-17(12-20)21-16;/h3-4,7-10,13,16-17,20-21H,5-6,11-12H2,1-2H3;1H/t16-,17+,20?;. The van der Waals surface area contributed by atoms with Gasteiger partial charge < -0.3 is 14.8 Å². The number of benzene rings is 2. The van der Waals surface area contributed by atoms with Crippen molar-refractivity contribution in [2.75, 3.05) is 0 Å². The van der Waals surface area contributed by atoms with E-state index in [-0.39, 0.29) is 18.5 Å². The van der Waals surface area contributed by atoms with Gasteiger partial charge in [-0.2, -0.15) is 0 Å². The molecule has 0 amide bonds. The van der Waals surface area contributed by atoms with Crippen LogP contribution in [0.4, 0.5) is 0 Å². The van der Waals surface area contributed by atoms with E-state index in [1.54, 1.807) is 0 Å². The molecular weight excluding hydrogens is 322 g/mol. The average molecular weight is 348 g/mol. The molecule has 2 bridgehead atoms. The van der Waals surface area contributed by atoms with Crippen LogP contribution < -0.4 is 14.8 Å². The van der Waals surface area contributed by atoms with E-state index in [9.17, 15) is 0 Å². The monoisotopic (exact) mass is 347 g/mol. The molecule has 2 aliphatic rings. The molecule has 2 aromatic rings. The van der Waals surface area contributed by atoms with Crippen LogP contribution >= 0.6 is 12.4 Å². The summed E-state index contributed by atoms with van der Waals surface area (Å²) in [7, 11) is 0. The third-order valence-electron chi connectivity index (χ3n) is 4.89. The Labute approximate surface area is 150 Å². The summed E-state index contributed by atoms with van der Waals surface area (Å²) in [4.78, 5) is 0. The summed E-state index contributed by atoms with van der Waals surface area (Å²) < 4.78 is 12.0. The minimum atomic E-state index is 0. The second-order valence-electron chi connectivity index (χ2n) is 7.19. The Morgan fingerprint density at radius 2 is 1.50 bits per heavy atom. The van der Waals surface area contributed by atoms with Crippen molar-refractivity contribution in [3.8, 4) is 11.5 Å². The second-order valence-corrected chi connectivity index (χ2v) is 7.19. The third-order valence-corrected chi connectivity index (χ3v) is 4.89. The predicted octanol–water partition coefficient (Wildman–Crippen LogP) is 4.71. The molecule has 0 spiro atoms. The van der Waals surface area contributed by atoms with Gasteiger partial charge in [-0.1, -0.05) is 12.1 Å². The molecule has 2 saturated heterocycles. The molecule has 4 rings (SSSR count). The minimum absolute atomic E-state index is 0. The largest absolute Gasteiger partial charge is 0.491 e. The van der Waals surface area contributed by atoms with Crippen LogP contribution in [-0.4, -0.2) is 24.3 Å². The van der Waals surface area contributed by atoms with Crippen molar-refractivity contribution in [2.24, 2.45) is 0 Å². The Morgan fingerprint density at radius 1 is 0.917 bits per heavy atom. The van der Waals surface area contributed by atoms with Gasteiger partial charge in [-0.25, -0.2) is 0 Å². The van der Waals surface area contributed by atoms with Crippen LogP contribution in [0.3, 0.4) is 0 Å². The number of ether oxygens (including phenoxy) is 2. The van der Waals surface area contributed by atoms with Crippen molar-refractivity contribution in [1.29, 1.82) is 0 Å². The van der Waals surface area contributed by atoms with E-state index in [1.165, 1.54) is 23.6 Å². The lowest BCUT2D eigenvalue weighted by Crippen LogP contribution is -2.42. The van der Waals surface area contributed by atoms with E-state index in [4.69, 9.17) is 9.47 Å². The molecule has 2 aliphatic heterocycles. The highest BCUT2D eigenvalue weighted by Crippen LogP contribution is 2.31. The van der Waals surface area contributed by atoms with E-state index < -0.39 is 0 Å². The van der Waals surface area contributed by atoms with Crippen molar-refractivity contribution in [2.45, 2.75) is 63.8 Å². The molecule has 130 valence electrons. The lowest BCUT2D eigenvalue weighted by molar-refractivity contribution is 0.137. The van der Waals surface area contributed by atoms with Gasteiger partial charge in [0.2, 0.25) is 0 Å². The van der Waals surface area contributed by atoms with Crippen molar-refractivity contribution >= 4 is 23.2 Å². The van der Waals surface area contributed by atoms with Crippen LogP contribution in [0.5, 0.6) is 11.5 Å². The van der Waals surface area contributed by atoms with E-state index >= 15 is 0 Å². The van der Waals surface area contributed by atoms with Crippen molar-refractivity contribution in [3.63, 3.8) is 0 Å². The van der Waals surface area contributed by atoms with Crippen LogP contribution in [0.15, 0.2) is 36.4 Å². The molecule has 3 nitrogen and oxygen atoms in total. The van der Waals surface area contributed by atoms with Crippen molar-refractivity contribution < 1.29 is 9.47 Å².